The molecule has 1 heterocycles. The number of benzene rings is 2. The Bertz CT molecular complexity index is 874. The molecule has 0 unspecified atom stereocenters. The number of rotatable bonds is 5. The molecule has 2 aromatic carbocycles. The molecule has 5 heteroatoms. The number of para-hydroxylation sites is 1. The number of ether oxygens (including phenoxy) is 1. The van der Waals surface area contributed by atoms with Crippen LogP contribution in [0.15, 0.2) is 69.6 Å². The highest BCUT2D eigenvalue weighted by Gasteiger charge is 2.13. The van der Waals surface area contributed by atoms with Crippen LogP contribution >= 0.6 is 15.9 Å². The van der Waals surface area contributed by atoms with Crippen LogP contribution in [0.2, 0.25) is 0 Å². The Morgan fingerprint density at radius 1 is 1.08 bits per heavy atom. The zero-order chi connectivity index (χ0) is 16.9. The van der Waals surface area contributed by atoms with Crippen LogP contribution in [0, 0.1) is 0 Å². The maximum Gasteiger partial charge on any atom is 0.331 e. The van der Waals surface area contributed by atoms with Gasteiger partial charge in [0.05, 0.1) is 0 Å². The first-order valence-electron chi connectivity index (χ1n) is 7.24. The second kappa shape index (κ2) is 7.27. The average molecular weight is 385 g/mol. The van der Waals surface area contributed by atoms with Gasteiger partial charge in [-0.2, -0.15) is 0 Å². The van der Waals surface area contributed by atoms with Gasteiger partial charge in [-0.25, -0.2) is 4.79 Å². The third-order valence-electron chi connectivity index (χ3n) is 3.33. The van der Waals surface area contributed by atoms with Crippen LogP contribution < -0.4 is 0 Å². The topological polar surface area (TPSA) is 56.5 Å². The minimum absolute atomic E-state index is 0.181. The molecule has 0 N–H and O–H groups in total. The van der Waals surface area contributed by atoms with Gasteiger partial charge in [-0.3, -0.25) is 4.79 Å². The van der Waals surface area contributed by atoms with Crippen molar-refractivity contribution in [1.82, 2.24) is 0 Å². The third-order valence-corrected chi connectivity index (χ3v) is 3.86. The van der Waals surface area contributed by atoms with Gasteiger partial charge in [0, 0.05) is 15.9 Å². The van der Waals surface area contributed by atoms with E-state index in [-0.39, 0.29) is 18.2 Å². The molecule has 0 radical (unpaired) electrons. The molecule has 3 aromatic rings. The lowest BCUT2D eigenvalue weighted by atomic mass is 10.2. The summed E-state index contributed by atoms with van der Waals surface area (Å²) in [5.41, 5.74) is 1.49. The van der Waals surface area contributed by atoms with Gasteiger partial charge in [0.15, 0.2) is 12.4 Å². The van der Waals surface area contributed by atoms with E-state index in [2.05, 4.69) is 15.9 Å². The summed E-state index contributed by atoms with van der Waals surface area (Å²) in [6.07, 6.45) is 2.91. The lowest BCUT2D eigenvalue weighted by molar-refractivity contribution is -0.136. The molecule has 0 bridgehead atoms. The van der Waals surface area contributed by atoms with Gasteiger partial charge in [-0.05, 0) is 35.9 Å². The number of Topliss-reactive ketones (excluding diaryl/α,β-unsaturated/α-hetero) is 1. The zero-order valence-electron chi connectivity index (χ0n) is 12.6. The van der Waals surface area contributed by atoms with Crippen molar-refractivity contribution in [3.63, 3.8) is 0 Å². The fourth-order valence-corrected chi connectivity index (χ4v) is 2.38. The molecular formula is C19H13BrO4. The van der Waals surface area contributed by atoms with E-state index in [0.29, 0.717) is 5.58 Å². The second-order valence-electron chi connectivity index (χ2n) is 5.06. The fraction of sp³-hybridized carbons (Fsp3) is 0.0526. The van der Waals surface area contributed by atoms with Gasteiger partial charge in [0.2, 0.25) is 5.78 Å². The predicted octanol–water partition coefficient (Wildman–Crippen LogP) is 4.63. The Kier molecular flexibility index (Phi) is 4.91. The molecule has 0 atom stereocenters. The maximum atomic E-state index is 12.0. The zero-order valence-corrected chi connectivity index (χ0v) is 14.2. The maximum absolute atomic E-state index is 12.0. The van der Waals surface area contributed by atoms with E-state index in [9.17, 15) is 9.59 Å². The summed E-state index contributed by atoms with van der Waals surface area (Å²) in [5.74, 6) is -0.778. The van der Waals surface area contributed by atoms with Gasteiger partial charge >= 0.3 is 5.97 Å². The van der Waals surface area contributed by atoms with Crippen LogP contribution in [0.1, 0.15) is 16.1 Å². The molecule has 3 rings (SSSR count). The van der Waals surface area contributed by atoms with Crippen LogP contribution in [0.4, 0.5) is 0 Å². The van der Waals surface area contributed by atoms with E-state index in [1.807, 2.05) is 42.5 Å². The van der Waals surface area contributed by atoms with Gasteiger partial charge < -0.3 is 9.15 Å². The van der Waals surface area contributed by atoms with E-state index < -0.39 is 5.97 Å². The number of halogens is 1. The fourth-order valence-electron chi connectivity index (χ4n) is 2.11. The number of hydrogen-bond donors (Lipinski definition) is 0. The number of hydrogen-bond acceptors (Lipinski definition) is 4. The molecule has 0 spiro atoms. The first kappa shape index (κ1) is 16.2. The first-order valence-corrected chi connectivity index (χ1v) is 8.03. The van der Waals surface area contributed by atoms with Crippen LogP contribution in [0.3, 0.4) is 0 Å². The molecule has 24 heavy (non-hydrogen) atoms. The van der Waals surface area contributed by atoms with E-state index in [4.69, 9.17) is 9.15 Å². The summed E-state index contributed by atoms with van der Waals surface area (Å²) in [5, 5.41) is 0.835. The summed E-state index contributed by atoms with van der Waals surface area (Å²) in [6.45, 7) is -0.358. The third kappa shape index (κ3) is 4.00. The van der Waals surface area contributed by atoms with Crippen LogP contribution in [0.25, 0.3) is 17.0 Å². The Morgan fingerprint density at radius 3 is 2.58 bits per heavy atom. The summed E-state index contributed by atoms with van der Waals surface area (Å²) in [7, 11) is 0. The van der Waals surface area contributed by atoms with Crippen molar-refractivity contribution in [3.05, 3.63) is 76.5 Å². The molecule has 0 aliphatic rings. The van der Waals surface area contributed by atoms with Crippen molar-refractivity contribution in [2.45, 2.75) is 0 Å². The monoisotopic (exact) mass is 384 g/mol. The minimum atomic E-state index is -0.581. The van der Waals surface area contributed by atoms with Gasteiger partial charge in [0.1, 0.15) is 5.58 Å². The van der Waals surface area contributed by atoms with Crippen molar-refractivity contribution in [2.75, 3.05) is 6.61 Å². The summed E-state index contributed by atoms with van der Waals surface area (Å²) in [4.78, 5) is 23.7. The van der Waals surface area contributed by atoms with Crippen LogP contribution in [0.5, 0.6) is 0 Å². The minimum Gasteiger partial charge on any atom is -0.454 e. The highest BCUT2D eigenvalue weighted by atomic mass is 79.9. The Labute approximate surface area is 146 Å². The normalized spacial score (nSPS) is 11.0. The number of ketones is 1. The van der Waals surface area contributed by atoms with E-state index >= 15 is 0 Å². The molecule has 0 fully saturated rings. The van der Waals surface area contributed by atoms with Crippen LogP contribution in [-0.2, 0) is 9.53 Å². The highest BCUT2D eigenvalue weighted by Crippen LogP contribution is 2.19. The highest BCUT2D eigenvalue weighted by molar-refractivity contribution is 9.10. The Balaban J connectivity index is 1.57. The molecule has 4 nitrogen and oxygen atoms in total. The van der Waals surface area contributed by atoms with Gasteiger partial charge in [-0.1, -0.05) is 46.3 Å². The number of furan rings is 1. The molecular weight excluding hydrogens is 372 g/mol. The smallest absolute Gasteiger partial charge is 0.331 e. The van der Waals surface area contributed by atoms with Gasteiger partial charge in [0.25, 0.3) is 0 Å². The molecule has 0 amide bonds. The standard InChI is InChI=1S/C19H13BrO4/c20-15-8-5-13(6-9-15)7-10-19(22)23-12-16(21)18-11-14-3-1-2-4-17(14)24-18/h1-11H,12H2/b10-7+. The Morgan fingerprint density at radius 2 is 1.83 bits per heavy atom. The molecule has 0 aliphatic carbocycles. The van der Waals surface area contributed by atoms with E-state index in [1.165, 1.54) is 6.08 Å². The van der Waals surface area contributed by atoms with E-state index in [0.717, 1.165) is 15.4 Å². The SMILES string of the molecule is O=C(/C=C/c1ccc(Br)cc1)OCC(=O)c1cc2ccccc2o1. The van der Waals surface area contributed by atoms with Crippen LogP contribution in [-0.4, -0.2) is 18.4 Å². The van der Waals surface area contributed by atoms with Crippen molar-refractivity contribution >= 4 is 44.7 Å². The number of esters is 1. The predicted molar refractivity (Wildman–Crippen MR) is 94.7 cm³/mol. The number of fused-ring (bicyclic) bond motifs is 1. The lowest BCUT2D eigenvalue weighted by Crippen LogP contribution is -2.11. The summed E-state index contributed by atoms with van der Waals surface area (Å²) in [6, 6.07) is 16.4. The molecule has 0 saturated carbocycles. The van der Waals surface area contributed by atoms with Crippen molar-refractivity contribution in [2.24, 2.45) is 0 Å². The Hall–Kier alpha value is -2.66. The quantitative estimate of drug-likeness (QED) is 0.365. The lowest BCUT2D eigenvalue weighted by Gasteiger charge is -1.99. The average Bonchev–Trinajstić information content (AvgIpc) is 3.03. The number of carbonyl (C=O) groups excluding carboxylic acids is 2. The molecule has 120 valence electrons. The second-order valence-corrected chi connectivity index (χ2v) is 5.98. The summed E-state index contributed by atoms with van der Waals surface area (Å²) < 4.78 is 11.4. The molecule has 1 aromatic heterocycles. The number of carbonyl (C=O) groups is 2. The summed E-state index contributed by atoms with van der Waals surface area (Å²) >= 11 is 3.34. The van der Waals surface area contributed by atoms with Crippen molar-refractivity contribution in [3.8, 4) is 0 Å². The first-order chi connectivity index (χ1) is 11.6. The molecule has 0 saturated heterocycles. The van der Waals surface area contributed by atoms with Crippen molar-refractivity contribution in [1.29, 1.82) is 0 Å². The van der Waals surface area contributed by atoms with E-state index in [1.54, 1.807) is 18.2 Å². The van der Waals surface area contributed by atoms with Gasteiger partial charge in [-0.15, -0.1) is 0 Å². The van der Waals surface area contributed by atoms with Crippen molar-refractivity contribution < 1.29 is 18.7 Å². The largest absolute Gasteiger partial charge is 0.454 e. The molecule has 0 aliphatic heterocycles.